The lowest BCUT2D eigenvalue weighted by Gasteiger charge is -2.22. The third kappa shape index (κ3) is 4.48. The maximum atomic E-state index is 14.7. The second kappa shape index (κ2) is 9.24. The van der Waals surface area contributed by atoms with Gasteiger partial charge in [0.2, 0.25) is 6.17 Å². The van der Waals surface area contributed by atoms with Crippen LogP contribution in [0.15, 0.2) is 77.8 Å². The van der Waals surface area contributed by atoms with Crippen LogP contribution in [0.1, 0.15) is 35.2 Å². The van der Waals surface area contributed by atoms with Crippen molar-refractivity contribution in [1.29, 1.82) is 0 Å². The number of urea groups is 1. The van der Waals surface area contributed by atoms with Gasteiger partial charge in [0.05, 0.1) is 17.4 Å². The van der Waals surface area contributed by atoms with Crippen LogP contribution in [0.3, 0.4) is 0 Å². The van der Waals surface area contributed by atoms with Crippen molar-refractivity contribution < 1.29 is 14.0 Å². The van der Waals surface area contributed by atoms with E-state index in [1.165, 1.54) is 11.0 Å². The van der Waals surface area contributed by atoms with Gasteiger partial charge in [-0.2, -0.15) is 0 Å². The minimum absolute atomic E-state index is 0.258. The zero-order chi connectivity index (χ0) is 23.5. The molecule has 2 atom stereocenters. The topological polar surface area (TPSA) is 73.8 Å². The van der Waals surface area contributed by atoms with Crippen LogP contribution in [0, 0.1) is 12.7 Å². The van der Waals surface area contributed by atoms with Crippen LogP contribution in [0.2, 0.25) is 0 Å². The van der Waals surface area contributed by atoms with Gasteiger partial charge in [-0.1, -0.05) is 54.6 Å². The van der Waals surface area contributed by atoms with E-state index in [2.05, 4.69) is 15.6 Å². The second-order valence-corrected chi connectivity index (χ2v) is 7.97. The zero-order valence-corrected chi connectivity index (χ0v) is 18.7. The zero-order valence-electron chi connectivity index (χ0n) is 18.7. The number of benzene rings is 3. The number of likely N-dealkylation sites (N-methyl/N-ethyl adjacent to an activating group) is 1. The predicted octanol–water partition coefficient (Wildman–Crippen LogP) is 4.33. The Hall–Kier alpha value is -4.00. The summed E-state index contributed by atoms with van der Waals surface area (Å²) in [5.74, 6) is -0.882. The molecular weight excluding hydrogens is 419 g/mol. The molecule has 1 aliphatic heterocycles. The Kier molecular flexibility index (Phi) is 6.22. The van der Waals surface area contributed by atoms with Gasteiger partial charge in [-0.3, -0.25) is 4.79 Å². The molecule has 3 amide bonds. The molecule has 0 spiro atoms. The van der Waals surface area contributed by atoms with Crippen LogP contribution < -0.4 is 15.5 Å². The van der Waals surface area contributed by atoms with Gasteiger partial charge in [0.15, 0.2) is 0 Å². The Morgan fingerprint density at radius 1 is 1.00 bits per heavy atom. The second-order valence-electron chi connectivity index (χ2n) is 7.97. The van der Waals surface area contributed by atoms with Gasteiger partial charge in [-0.15, -0.1) is 0 Å². The van der Waals surface area contributed by atoms with E-state index in [4.69, 9.17) is 0 Å². The molecule has 6 nitrogen and oxygen atoms in total. The Bertz CT molecular complexity index is 1240. The number of benzodiazepines with no additional fused rings is 1. The number of carbonyl (C=O) groups excluding carboxylic acids is 2. The van der Waals surface area contributed by atoms with Crippen LogP contribution in [0.4, 0.5) is 14.9 Å². The number of rotatable bonds is 4. The summed E-state index contributed by atoms with van der Waals surface area (Å²) >= 11 is 0. The van der Waals surface area contributed by atoms with Crippen molar-refractivity contribution in [3.8, 4) is 0 Å². The van der Waals surface area contributed by atoms with Crippen molar-refractivity contribution in [2.24, 2.45) is 4.99 Å². The number of aryl methyl sites for hydroxylation is 1. The first-order valence-corrected chi connectivity index (χ1v) is 10.7. The number of halogens is 1. The molecule has 2 unspecified atom stereocenters. The molecule has 0 saturated heterocycles. The summed E-state index contributed by atoms with van der Waals surface area (Å²) in [6, 6.07) is 20.3. The number of anilines is 1. The average Bonchev–Trinajstić information content (AvgIpc) is 2.90. The minimum atomic E-state index is -1.22. The van der Waals surface area contributed by atoms with E-state index in [9.17, 15) is 14.0 Å². The van der Waals surface area contributed by atoms with Gasteiger partial charge in [-0.25, -0.2) is 14.2 Å². The van der Waals surface area contributed by atoms with Gasteiger partial charge in [-0.05, 0) is 43.2 Å². The summed E-state index contributed by atoms with van der Waals surface area (Å²) in [5, 5.41) is 5.53. The van der Waals surface area contributed by atoms with Gasteiger partial charge >= 0.3 is 6.03 Å². The maximum absolute atomic E-state index is 14.7. The summed E-state index contributed by atoms with van der Waals surface area (Å²) in [6.45, 7) is 3.84. The normalized spacial score (nSPS) is 16.4. The Morgan fingerprint density at radius 2 is 1.64 bits per heavy atom. The minimum Gasteiger partial charge on any atom is -0.332 e. The fourth-order valence-electron chi connectivity index (χ4n) is 4.00. The highest BCUT2D eigenvalue weighted by atomic mass is 19.1. The first kappa shape index (κ1) is 22.2. The van der Waals surface area contributed by atoms with Gasteiger partial charge in [0.1, 0.15) is 5.82 Å². The van der Waals surface area contributed by atoms with E-state index >= 15 is 0 Å². The summed E-state index contributed by atoms with van der Waals surface area (Å²) in [4.78, 5) is 32.0. The Balaban J connectivity index is 1.67. The maximum Gasteiger partial charge on any atom is 0.317 e. The van der Waals surface area contributed by atoms with Crippen LogP contribution in [0.5, 0.6) is 0 Å². The highest BCUT2D eigenvalue weighted by Crippen LogP contribution is 2.28. The molecular formula is C26H25FN4O2. The lowest BCUT2D eigenvalue weighted by atomic mass is 10.00. The SMILES string of the molecule is Cc1ccccc1C(C)NC(=O)NC1N=C(c2ccccc2F)c2ccccc2N(C)C1=O. The molecule has 7 heteroatoms. The van der Waals surface area contributed by atoms with Crippen molar-refractivity contribution in [3.63, 3.8) is 0 Å². The number of nitrogens with zero attached hydrogens (tertiary/aromatic N) is 2. The lowest BCUT2D eigenvalue weighted by molar-refractivity contribution is -0.119. The number of carbonyl (C=O) groups is 2. The number of para-hydroxylation sites is 1. The largest absolute Gasteiger partial charge is 0.332 e. The molecule has 1 heterocycles. The van der Waals surface area contributed by atoms with Gasteiger partial charge < -0.3 is 15.5 Å². The fourth-order valence-corrected chi connectivity index (χ4v) is 4.00. The third-order valence-corrected chi connectivity index (χ3v) is 5.74. The number of fused-ring (bicyclic) bond motifs is 1. The van der Waals surface area contributed by atoms with E-state index in [-0.39, 0.29) is 11.6 Å². The molecule has 3 aromatic carbocycles. The van der Waals surface area contributed by atoms with Crippen LogP contribution in [-0.2, 0) is 4.79 Å². The fraction of sp³-hybridized carbons (Fsp3) is 0.192. The molecule has 0 aliphatic carbocycles. The molecule has 3 aromatic rings. The standard InChI is InChI=1S/C26H25FN4O2/c1-16-10-4-5-11-18(16)17(2)28-26(33)30-24-25(32)31(3)22-15-9-7-13-20(22)23(29-24)19-12-6-8-14-21(19)27/h4-15,17,24H,1-3H3,(H2,28,30,33). The molecule has 0 fully saturated rings. The van der Waals surface area contributed by atoms with Crippen molar-refractivity contribution in [2.45, 2.75) is 26.1 Å². The Morgan fingerprint density at radius 3 is 2.36 bits per heavy atom. The molecule has 2 N–H and O–H groups in total. The number of hydrogen-bond acceptors (Lipinski definition) is 3. The monoisotopic (exact) mass is 444 g/mol. The first-order chi connectivity index (χ1) is 15.9. The average molecular weight is 445 g/mol. The number of nitrogens with one attached hydrogen (secondary N) is 2. The molecule has 0 saturated carbocycles. The van der Waals surface area contributed by atoms with E-state index in [1.54, 1.807) is 49.5 Å². The highest BCUT2D eigenvalue weighted by Gasteiger charge is 2.31. The van der Waals surface area contributed by atoms with Crippen LogP contribution in [-0.4, -0.2) is 30.9 Å². The smallest absolute Gasteiger partial charge is 0.317 e. The van der Waals surface area contributed by atoms with Crippen molar-refractivity contribution in [1.82, 2.24) is 10.6 Å². The van der Waals surface area contributed by atoms with Gasteiger partial charge in [0.25, 0.3) is 5.91 Å². The Labute approximate surface area is 192 Å². The van der Waals surface area contributed by atoms with Crippen molar-refractivity contribution >= 4 is 23.3 Å². The summed E-state index contributed by atoms with van der Waals surface area (Å²) in [7, 11) is 1.61. The molecule has 1 aliphatic rings. The molecule has 0 bridgehead atoms. The molecule has 33 heavy (non-hydrogen) atoms. The van der Waals surface area contributed by atoms with E-state index in [0.717, 1.165) is 11.1 Å². The van der Waals surface area contributed by atoms with Gasteiger partial charge in [0, 0.05) is 18.2 Å². The van der Waals surface area contributed by atoms with Crippen LogP contribution in [0.25, 0.3) is 0 Å². The summed E-state index contributed by atoms with van der Waals surface area (Å²) in [5.41, 5.74) is 3.77. The van der Waals surface area contributed by atoms with E-state index in [1.807, 2.05) is 38.1 Å². The van der Waals surface area contributed by atoms with Crippen molar-refractivity contribution in [3.05, 3.63) is 101 Å². The summed E-state index contributed by atoms with van der Waals surface area (Å²) < 4.78 is 14.7. The van der Waals surface area contributed by atoms with E-state index in [0.29, 0.717) is 17.0 Å². The molecule has 0 aromatic heterocycles. The van der Waals surface area contributed by atoms with Crippen molar-refractivity contribution in [2.75, 3.05) is 11.9 Å². The summed E-state index contributed by atoms with van der Waals surface area (Å²) in [6.07, 6.45) is -1.22. The number of aliphatic imine (C=N–C) groups is 1. The lowest BCUT2D eigenvalue weighted by Crippen LogP contribution is -2.49. The quantitative estimate of drug-likeness (QED) is 0.629. The molecule has 4 rings (SSSR count). The number of amides is 3. The number of hydrogen-bond donors (Lipinski definition) is 2. The molecule has 0 radical (unpaired) electrons. The van der Waals surface area contributed by atoms with E-state index < -0.39 is 23.9 Å². The highest BCUT2D eigenvalue weighted by molar-refractivity contribution is 6.20. The first-order valence-electron chi connectivity index (χ1n) is 10.7. The van der Waals surface area contributed by atoms with Crippen LogP contribution >= 0.6 is 0 Å². The molecule has 168 valence electrons. The predicted molar refractivity (Wildman–Crippen MR) is 127 cm³/mol. The third-order valence-electron chi connectivity index (χ3n) is 5.74.